The van der Waals surface area contributed by atoms with E-state index in [-0.39, 0.29) is 23.6 Å². The van der Waals surface area contributed by atoms with Gasteiger partial charge in [-0.15, -0.1) is 0 Å². The highest BCUT2D eigenvalue weighted by molar-refractivity contribution is 6.09. The molecule has 29 heavy (non-hydrogen) atoms. The monoisotopic (exact) mass is 390 g/mol. The molecule has 0 bridgehead atoms. The Morgan fingerprint density at radius 2 is 1.76 bits per heavy atom. The molecular formula is C24H26N2O3. The highest BCUT2D eigenvalue weighted by Gasteiger charge is 2.27. The van der Waals surface area contributed by atoms with Gasteiger partial charge in [0.2, 0.25) is 0 Å². The summed E-state index contributed by atoms with van der Waals surface area (Å²) in [5.41, 5.74) is 2.19. The van der Waals surface area contributed by atoms with E-state index in [0.29, 0.717) is 11.3 Å². The summed E-state index contributed by atoms with van der Waals surface area (Å²) in [5, 5.41) is 3.14. The first-order valence-corrected chi connectivity index (χ1v) is 10.2. The first kappa shape index (κ1) is 19.2. The van der Waals surface area contributed by atoms with Crippen molar-refractivity contribution in [3.63, 3.8) is 0 Å². The topological polar surface area (TPSA) is 58.6 Å². The molecule has 1 N–H and O–H groups in total. The Bertz CT molecular complexity index is 941. The molecule has 1 saturated carbocycles. The number of para-hydroxylation sites is 2. The zero-order valence-corrected chi connectivity index (χ0v) is 16.9. The Balaban J connectivity index is 1.45. The summed E-state index contributed by atoms with van der Waals surface area (Å²) < 4.78 is 5.80. The van der Waals surface area contributed by atoms with Gasteiger partial charge in [-0.25, -0.2) is 0 Å². The van der Waals surface area contributed by atoms with E-state index in [1.54, 1.807) is 30.2 Å². The molecule has 2 amide bonds. The lowest BCUT2D eigenvalue weighted by atomic mass is 9.87. The summed E-state index contributed by atoms with van der Waals surface area (Å²) >= 11 is 0. The van der Waals surface area contributed by atoms with Crippen LogP contribution in [0, 0.1) is 5.92 Å². The van der Waals surface area contributed by atoms with E-state index in [4.69, 9.17) is 4.74 Å². The highest BCUT2D eigenvalue weighted by atomic mass is 16.5. The minimum atomic E-state index is -0.197. The third-order valence-corrected chi connectivity index (χ3v) is 5.78. The van der Waals surface area contributed by atoms with Gasteiger partial charge in [0, 0.05) is 18.7 Å². The van der Waals surface area contributed by atoms with E-state index < -0.39 is 0 Å². The largest absolute Gasteiger partial charge is 0.449 e. The molecule has 2 aliphatic rings. The second-order valence-corrected chi connectivity index (χ2v) is 7.99. The maximum Gasteiger partial charge on any atom is 0.293 e. The van der Waals surface area contributed by atoms with Crippen molar-refractivity contribution in [2.75, 3.05) is 11.9 Å². The number of fused-ring (bicyclic) bond motifs is 1. The summed E-state index contributed by atoms with van der Waals surface area (Å²) in [6.07, 6.45) is 6.14. The Hall–Kier alpha value is -3.08. The number of hydrogen-bond acceptors (Lipinski definition) is 3. The van der Waals surface area contributed by atoms with Crippen LogP contribution in [-0.2, 0) is 4.79 Å². The number of carbonyl (C=O) groups excluding carboxylic acids is 2. The fourth-order valence-corrected chi connectivity index (χ4v) is 3.90. The van der Waals surface area contributed by atoms with Gasteiger partial charge >= 0.3 is 0 Å². The van der Waals surface area contributed by atoms with Crippen LogP contribution in [-0.4, -0.2) is 24.9 Å². The molecule has 0 unspecified atom stereocenters. The number of likely N-dealkylation sites (N-methyl/N-ethyl adjacent to an activating group) is 1. The number of ether oxygens (including phenoxy) is 1. The van der Waals surface area contributed by atoms with E-state index in [1.807, 2.05) is 36.4 Å². The van der Waals surface area contributed by atoms with Gasteiger partial charge in [-0.3, -0.25) is 9.59 Å². The molecule has 1 aliphatic heterocycles. The molecule has 5 nitrogen and oxygen atoms in total. The lowest BCUT2D eigenvalue weighted by molar-refractivity contribution is -0.117. The van der Waals surface area contributed by atoms with Crippen molar-refractivity contribution < 1.29 is 14.3 Å². The average Bonchev–Trinajstić information content (AvgIpc) is 2.74. The van der Waals surface area contributed by atoms with Crippen molar-refractivity contribution in [1.29, 1.82) is 0 Å². The molecule has 0 radical (unpaired) electrons. The normalized spacial score (nSPS) is 22.8. The first-order valence-electron chi connectivity index (χ1n) is 10.2. The van der Waals surface area contributed by atoms with Crippen LogP contribution in [0.4, 0.5) is 5.69 Å². The second-order valence-electron chi connectivity index (χ2n) is 7.99. The molecule has 1 fully saturated rings. The number of anilines is 1. The van der Waals surface area contributed by atoms with Crippen LogP contribution in [0.3, 0.4) is 0 Å². The number of nitrogens with zero attached hydrogens (tertiary/aromatic N) is 1. The molecule has 4 rings (SSSR count). The molecule has 1 aliphatic carbocycles. The Labute approximate surface area is 171 Å². The Kier molecular flexibility index (Phi) is 5.38. The van der Waals surface area contributed by atoms with Crippen LogP contribution >= 0.6 is 0 Å². The lowest BCUT2D eigenvalue weighted by Gasteiger charge is -2.27. The Morgan fingerprint density at radius 3 is 2.48 bits per heavy atom. The van der Waals surface area contributed by atoms with Crippen molar-refractivity contribution in [1.82, 2.24) is 5.32 Å². The number of carbonyl (C=O) groups is 2. The first-order chi connectivity index (χ1) is 14.0. The van der Waals surface area contributed by atoms with E-state index in [2.05, 4.69) is 12.2 Å². The summed E-state index contributed by atoms with van der Waals surface area (Å²) in [7, 11) is 1.73. The fourth-order valence-electron chi connectivity index (χ4n) is 3.90. The summed E-state index contributed by atoms with van der Waals surface area (Å²) in [6.45, 7) is 2.27. The van der Waals surface area contributed by atoms with Gasteiger partial charge in [-0.05, 0) is 67.5 Å². The van der Waals surface area contributed by atoms with Crippen LogP contribution in [0.1, 0.15) is 48.5 Å². The lowest BCUT2D eigenvalue weighted by Crippen LogP contribution is -2.37. The van der Waals surface area contributed by atoms with Crippen LogP contribution < -0.4 is 15.0 Å². The van der Waals surface area contributed by atoms with Crippen molar-refractivity contribution in [3.8, 4) is 5.75 Å². The third kappa shape index (κ3) is 4.19. The standard InChI is InChI=1S/C24H26N2O3/c1-16-7-13-19(14-8-16)25-23(27)18-11-9-17(10-12-18)15-22-24(28)26(2)20-5-3-4-6-21(20)29-22/h3-6,9-12,15-16,19H,7-8,13-14H2,1-2H3,(H,25,27). The van der Waals surface area contributed by atoms with Crippen molar-refractivity contribution >= 4 is 23.6 Å². The molecule has 0 saturated heterocycles. The number of hydrogen-bond donors (Lipinski definition) is 1. The number of amides is 2. The third-order valence-electron chi connectivity index (χ3n) is 5.78. The summed E-state index contributed by atoms with van der Waals surface area (Å²) in [5.74, 6) is 1.43. The molecule has 0 atom stereocenters. The van der Waals surface area contributed by atoms with Gasteiger partial charge in [0.25, 0.3) is 11.8 Å². The molecule has 150 valence electrons. The van der Waals surface area contributed by atoms with E-state index >= 15 is 0 Å². The molecule has 5 heteroatoms. The molecule has 2 aromatic carbocycles. The van der Waals surface area contributed by atoms with Gasteiger partial charge in [0.15, 0.2) is 11.5 Å². The van der Waals surface area contributed by atoms with Gasteiger partial charge in [-0.2, -0.15) is 0 Å². The predicted octanol–water partition coefficient (Wildman–Crippen LogP) is 4.39. The van der Waals surface area contributed by atoms with Crippen molar-refractivity contribution in [3.05, 3.63) is 65.4 Å². The zero-order chi connectivity index (χ0) is 20.4. The average molecular weight is 390 g/mol. The van der Waals surface area contributed by atoms with E-state index in [0.717, 1.165) is 30.0 Å². The van der Waals surface area contributed by atoms with Crippen LogP contribution in [0.5, 0.6) is 5.75 Å². The summed E-state index contributed by atoms with van der Waals surface area (Å²) in [6, 6.07) is 15.0. The van der Waals surface area contributed by atoms with Crippen molar-refractivity contribution in [2.45, 2.75) is 38.6 Å². The van der Waals surface area contributed by atoms with Crippen LogP contribution in [0.25, 0.3) is 6.08 Å². The van der Waals surface area contributed by atoms with Crippen molar-refractivity contribution in [2.24, 2.45) is 5.92 Å². The number of benzene rings is 2. The van der Waals surface area contributed by atoms with Gasteiger partial charge in [-0.1, -0.05) is 31.2 Å². The van der Waals surface area contributed by atoms with Gasteiger partial charge in [0.1, 0.15) is 0 Å². The smallest absolute Gasteiger partial charge is 0.293 e. The van der Waals surface area contributed by atoms with Crippen LogP contribution in [0.15, 0.2) is 54.3 Å². The van der Waals surface area contributed by atoms with Crippen LogP contribution in [0.2, 0.25) is 0 Å². The molecule has 0 spiro atoms. The minimum Gasteiger partial charge on any atom is -0.449 e. The molecule has 2 aromatic rings. The quantitative estimate of drug-likeness (QED) is 0.791. The maximum absolute atomic E-state index is 12.6. The molecular weight excluding hydrogens is 364 g/mol. The van der Waals surface area contributed by atoms with Gasteiger partial charge < -0.3 is 15.0 Å². The van der Waals surface area contributed by atoms with E-state index in [9.17, 15) is 9.59 Å². The number of nitrogens with one attached hydrogen (secondary N) is 1. The number of rotatable bonds is 3. The Morgan fingerprint density at radius 1 is 1.07 bits per heavy atom. The van der Waals surface area contributed by atoms with Gasteiger partial charge in [0.05, 0.1) is 5.69 Å². The highest BCUT2D eigenvalue weighted by Crippen LogP contribution is 2.34. The zero-order valence-electron chi connectivity index (χ0n) is 16.9. The molecule has 1 heterocycles. The van der Waals surface area contributed by atoms with E-state index in [1.165, 1.54) is 12.8 Å². The second kappa shape index (κ2) is 8.11. The maximum atomic E-state index is 12.6. The summed E-state index contributed by atoms with van der Waals surface area (Å²) in [4.78, 5) is 26.7. The fraction of sp³-hybridized carbons (Fsp3) is 0.333. The minimum absolute atomic E-state index is 0.0394. The predicted molar refractivity (Wildman–Crippen MR) is 114 cm³/mol. The SMILES string of the molecule is CC1CCC(NC(=O)c2ccc(C=C3Oc4ccccc4N(C)C3=O)cc2)CC1. The molecule has 0 aromatic heterocycles.